The van der Waals surface area contributed by atoms with Crippen LogP contribution in [0.2, 0.25) is 0 Å². The number of ether oxygens (including phenoxy) is 2. The summed E-state index contributed by atoms with van der Waals surface area (Å²) in [5, 5.41) is 0. The lowest BCUT2D eigenvalue weighted by Gasteiger charge is -2.16. The van der Waals surface area contributed by atoms with Crippen LogP contribution in [-0.2, 0) is 14.1 Å². The van der Waals surface area contributed by atoms with Gasteiger partial charge in [-0.3, -0.25) is 9.36 Å². The molecule has 2 aliphatic rings. The molecule has 27 heavy (non-hydrogen) atoms. The minimum Gasteiger partial charge on any atom is -0.490 e. The van der Waals surface area contributed by atoms with Gasteiger partial charge in [0.05, 0.1) is 18.4 Å². The zero-order valence-corrected chi connectivity index (χ0v) is 16.0. The maximum atomic E-state index is 12.4. The number of benzene rings is 1. The molecule has 2 aliphatic heterocycles. The fraction of sp³-hybridized carbons (Fsp3) is 0.368. The average Bonchev–Trinajstić information content (AvgIpc) is 2.62. The number of nitrogens with zero attached hydrogens (tertiary/aromatic N) is 4. The summed E-state index contributed by atoms with van der Waals surface area (Å²) in [7, 11) is 3.11. The van der Waals surface area contributed by atoms with Gasteiger partial charge in [-0.2, -0.15) is 4.98 Å². The molecule has 3 rings (SSSR count). The summed E-state index contributed by atoms with van der Waals surface area (Å²) >= 11 is 0. The van der Waals surface area contributed by atoms with E-state index in [0.717, 1.165) is 10.1 Å². The second-order valence-corrected chi connectivity index (χ2v) is 6.43. The van der Waals surface area contributed by atoms with Gasteiger partial charge in [0, 0.05) is 25.9 Å². The largest absolute Gasteiger partial charge is 0.490 e. The van der Waals surface area contributed by atoms with Crippen molar-refractivity contribution in [3.8, 4) is 34.3 Å². The number of fused-ring (bicyclic) bond motifs is 1. The number of hydrogen-bond donors (Lipinski definition) is 0. The van der Waals surface area contributed by atoms with Crippen LogP contribution in [0.4, 0.5) is 0 Å². The summed E-state index contributed by atoms with van der Waals surface area (Å²) in [4.78, 5) is 32.6. The van der Waals surface area contributed by atoms with E-state index < -0.39 is 11.2 Å². The molecule has 1 aromatic carbocycles. The maximum absolute atomic E-state index is 12.4. The molecule has 2 heterocycles. The monoisotopic (exact) mass is 370 g/mol. The van der Waals surface area contributed by atoms with Crippen molar-refractivity contribution in [3.63, 3.8) is 0 Å². The number of aromatic nitrogens is 4. The smallest absolute Gasteiger partial charge is 0.352 e. The van der Waals surface area contributed by atoms with Crippen molar-refractivity contribution in [1.82, 2.24) is 19.1 Å². The molecule has 0 radical (unpaired) electrons. The van der Waals surface area contributed by atoms with E-state index in [9.17, 15) is 9.59 Å². The molecule has 0 amide bonds. The molecule has 0 spiro atoms. The molecule has 0 saturated carbocycles. The molecule has 142 valence electrons. The van der Waals surface area contributed by atoms with Gasteiger partial charge in [0.1, 0.15) is 0 Å². The van der Waals surface area contributed by atoms with E-state index in [1.807, 2.05) is 39.0 Å². The molecule has 0 N–H and O–H groups in total. The van der Waals surface area contributed by atoms with Crippen LogP contribution in [0.5, 0.6) is 11.5 Å². The Balaban J connectivity index is 2.18. The highest BCUT2D eigenvalue weighted by Gasteiger charge is 2.19. The number of hydrogen-bond acceptors (Lipinski definition) is 6. The zero-order chi connectivity index (χ0) is 19.7. The first-order valence-corrected chi connectivity index (χ1v) is 8.70. The molecule has 0 bridgehead atoms. The fourth-order valence-electron chi connectivity index (χ4n) is 2.72. The SMILES string of the molecule is CCOc1cc(-c2cn(C)c3nc(=O)n(C)c(=O)c-3n2)ccc1OC(C)C. The van der Waals surface area contributed by atoms with Crippen LogP contribution >= 0.6 is 0 Å². The van der Waals surface area contributed by atoms with Crippen LogP contribution in [0.25, 0.3) is 22.8 Å². The van der Waals surface area contributed by atoms with Gasteiger partial charge in [0.25, 0.3) is 5.56 Å². The summed E-state index contributed by atoms with van der Waals surface area (Å²) in [5.41, 5.74) is 0.385. The number of rotatable bonds is 5. The third kappa shape index (κ3) is 3.55. The molecule has 1 aromatic rings. The Morgan fingerprint density at radius 2 is 1.85 bits per heavy atom. The molecule has 0 saturated heterocycles. The lowest BCUT2D eigenvalue weighted by atomic mass is 10.1. The van der Waals surface area contributed by atoms with E-state index in [4.69, 9.17) is 9.47 Å². The molecule has 0 aliphatic carbocycles. The maximum Gasteiger partial charge on any atom is 0.352 e. The first-order valence-electron chi connectivity index (χ1n) is 8.70. The van der Waals surface area contributed by atoms with Gasteiger partial charge in [-0.25, -0.2) is 9.78 Å². The van der Waals surface area contributed by atoms with Gasteiger partial charge in [-0.05, 0) is 39.0 Å². The highest BCUT2D eigenvalue weighted by Crippen LogP contribution is 2.33. The van der Waals surface area contributed by atoms with Crippen molar-refractivity contribution in [1.29, 1.82) is 0 Å². The van der Waals surface area contributed by atoms with Crippen molar-refractivity contribution < 1.29 is 9.47 Å². The highest BCUT2D eigenvalue weighted by atomic mass is 16.5. The van der Waals surface area contributed by atoms with Gasteiger partial charge in [-0.15, -0.1) is 0 Å². The van der Waals surface area contributed by atoms with Crippen molar-refractivity contribution >= 4 is 0 Å². The molecular weight excluding hydrogens is 348 g/mol. The van der Waals surface area contributed by atoms with Gasteiger partial charge >= 0.3 is 5.69 Å². The van der Waals surface area contributed by atoms with Crippen LogP contribution in [0.1, 0.15) is 20.8 Å². The Morgan fingerprint density at radius 1 is 1.11 bits per heavy atom. The van der Waals surface area contributed by atoms with Gasteiger partial charge in [0.2, 0.25) is 0 Å². The van der Waals surface area contributed by atoms with Crippen LogP contribution < -0.4 is 20.7 Å². The topological polar surface area (TPSA) is 88.2 Å². The van der Waals surface area contributed by atoms with Gasteiger partial charge < -0.3 is 14.0 Å². The summed E-state index contributed by atoms with van der Waals surface area (Å²) in [6.45, 7) is 6.28. The molecule has 0 aromatic heterocycles. The van der Waals surface area contributed by atoms with Crippen LogP contribution in [0.15, 0.2) is 34.0 Å². The van der Waals surface area contributed by atoms with E-state index in [1.165, 1.54) is 7.05 Å². The lowest BCUT2D eigenvalue weighted by molar-refractivity contribution is 0.224. The van der Waals surface area contributed by atoms with E-state index in [0.29, 0.717) is 23.8 Å². The summed E-state index contributed by atoms with van der Waals surface area (Å²) in [6.07, 6.45) is 1.74. The molecule has 8 nitrogen and oxygen atoms in total. The predicted molar refractivity (Wildman–Crippen MR) is 102 cm³/mol. The first kappa shape index (κ1) is 18.6. The highest BCUT2D eigenvalue weighted by molar-refractivity contribution is 5.66. The summed E-state index contributed by atoms with van der Waals surface area (Å²) < 4.78 is 14.1. The standard InChI is InChI=1S/C19H22N4O4/c1-6-26-15-9-12(7-8-14(15)27-11(2)3)13-10-22(4)17-16(20-13)18(24)23(5)19(25)21-17/h7-11H,6H2,1-5H3. The zero-order valence-electron chi connectivity index (χ0n) is 16.0. The summed E-state index contributed by atoms with van der Waals surface area (Å²) in [5.74, 6) is 1.50. The van der Waals surface area contributed by atoms with Crippen molar-refractivity contribution in [2.75, 3.05) is 6.61 Å². The fourth-order valence-corrected chi connectivity index (χ4v) is 2.72. The third-order valence-electron chi connectivity index (χ3n) is 3.99. The summed E-state index contributed by atoms with van der Waals surface area (Å²) in [6, 6.07) is 5.51. The van der Waals surface area contributed by atoms with Crippen LogP contribution in [0.3, 0.4) is 0 Å². The number of aryl methyl sites for hydroxylation is 1. The van der Waals surface area contributed by atoms with Crippen molar-refractivity contribution in [2.24, 2.45) is 14.1 Å². The van der Waals surface area contributed by atoms with E-state index in [1.54, 1.807) is 17.8 Å². The van der Waals surface area contributed by atoms with E-state index in [-0.39, 0.29) is 17.6 Å². The van der Waals surface area contributed by atoms with Crippen LogP contribution in [0, 0.1) is 0 Å². The Bertz CT molecular complexity index is 1070. The predicted octanol–water partition coefficient (Wildman–Crippen LogP) is 1.83. The van der Waals surface area contributed by atoms with Crippen LogP contribution in [-0.4, -0.2) is 31.8 Å². The van der Waals surface area contributed by atoms with Gasteiger partial charge in [0.15, 0.2) is 23.0 Å². The second-order valence-electron chi connectivity index (χ2n) is 6.43. The molecule has 0 fully saturated rings. The minimum absolute atomic E-state index is 0.0158. The average molecular weight is 370 g/mol. The molecular formula is C19H22N4O4. The Kier molecular flexibility index (Phi) is 4.98. The Labute approximate surface area is 156 Å². The van der Waals surface area contributed by atoms with Gasteiger partial charge in [-0.1, -0.05) is 0 Å². The lowest BCUT2D eigenvalue weighted by Crippen LogP contribution is -2.36. The Morgan fingerprint density at radius 3 is 2.52 bits per heavy atom. The second kappa shape index (κ2) is 7.22. The first-order chi connectivity index (χ1) is 12.8. The van der Waals surface area contributed by atoms with E-state index in [2.05, 4.69) is 9.97 Å². The normalized spacial score (nSPS) is 11.2. The third-order valence-corrected chi connectivity index (χ3v) is 3.99. The van der Waals surface area contributed by atoms with E-state index >= 15 is 0 Å². The molecule has 0 unspecified atom stereocenters. The Hall–Kier alpha value is -3.16. The molecule has 0 atom stereocenters. The molecule has 8 heteroatoms. The minimum atomic E-state index is -0.605. The quantitative estimate of drug-likeness (QED) is 0.681. The van der Waals surface area contributed by atoms with Crippen molar-refractivity contribution in [3.05, 3.63) is 45.2 Å². The van der Waals surface area contributed by atoms with Crippen molar-refractivity contribution in [2.45, 2.75) is 26.9 Å².